The summed E-state index contributed by atoms with van der Waals surface area (Å²) in [6, 6.07) is 12.0. The van der Waals surface area contributed by atoms with E-state index >= 15 is 0 Å². The Hall–Kier alpha value is -2.44. The van der Waals surface area contributed by atoms with Gasteiger partial charge < -0.3 is 14.5 Å². The SMILES string of the molecule is COc1ccccc1CN1C[C@@H](F)[C@@H](OCc2nc3cc(C)c(C)cc3[nH]2)C1. The molecule has 1 fully saturated rings. The molecule has 1 aliphatic rings. The summed E-state index contributed by atoms with van der Waals surface area (Å²) in [6.07, 6.45) is -1.46. The highest BCUT2D eigenvalue weighted by atomic mass is 19.1. The van der Waals surface area contributed by atoms with E-state index in [1.165, 1.54) is 11.1 Å². The van der Waals surface area contributed by atoms with E-state index in [4.69, 9.17) is 9.47 Å². The number of halogens is 1. The minimum absolute atomic E-state index is 0.278. The Balaban J connectivity index is 1.38. The largest absolute Gasteiger partial charge is 0.496 e. The van der Waals surface area contributed by atoms with Crippen LogP contribution in [0.4, 0.5) is 4.39 Å². The first-order chi connectivity index (χ1) is 13.5. The second-order valence-electron chi connectivity index (χ2n) is 7.51. The summed E-state index contributed by atoms with van der Waals surface area (Å²) < 4.78 is 25.8. The van der Waals surface area contributed by atoms with Crippen LogP contribution >= 0.6 is 0 Å². The van der Waals surface area contributed by atoms with Gasteiger partial charge in [-0.15, -0.1) is 0 Å². The lowest BCUT2D eigenvalue weighted by Gasteiger charge is -2.17. The fraction of sp³-hybridized carbons (Fsp3) is 0.409. The molecule has 0 saturated carbocycles. The van der Waals surface area contributed by atoms with Crippen LogP contribution in [0.1, 0.15) is 22.5 Å². The van der Waals surface area contributed by atoms with E-state index in [2.05, 4.69) is 40.8 Å². The highest BCUT2D eigenvalue weighted by molar-refractivity contribution is 5.77. The van der Waals surface area contributed by atoms with Crippen molar-refractivity contribution in [1.82, 2.24) is 14.9 Å². The number of H-pyrrole nitrogens is 1. The average Bonchev–Trinajstić information content (AvgIpc) is 3.23. The molecule has 1 saturated heterocycles. The van der Waals surface area contributed by atoms with Gasteiger partial charge in [-0.1, -0.05) is 18.2 Å². The van der Waals surface area contributed by atoms with Crippen LogP contribution in [0.3, 0.4) is 0 Å². The molecule has 1 aliphatic heterocycles. The highest BCUT2D eigenvalue weighted by Gasteiger charge is 2.34. The molecule has 4 rings (SSSR count). The van der Waals surface area contributed by atoms with Crippen molar-refractivity contribution in [3.63, 3.8) is 0 Å². The van der Waals surface area contributed by atoms with Crippen molar-refractivity contribution in [2.24, 2.45) is 0 Å². The number of para-hydroxylation sites is 1. The van der Waals surface area contributed by atoms with Gasteiger partial charge in [-0.2, -0.15) is 0 Å². The lowest BCUT2D eigenvalue weighted by Crippen LogP contribution is -2.24. The lowest BCUT2D eigenvalue weighted by molar-refractivity contribution is 0.00862. The number of alkyl halides is 1. The van der Waals surface area contributed by atoms with Crippen LogP contribution < -0.4 is 4.74 Å². The van der Waals surface area contributed by atoms with Crippen LogP contribution in [0.2, 0.25) is 0 Å². The Morgan fingerprint density at radius 2 is 1.96 bits per heavy atom. The molecule has 5 nitrogen and oxygen atoms in total. The minimum atomic E-state index is -1.01. The molecule has 0 aliphatic carbocycles. The molecule has 28 heavy (non-hydrogen) atoms. The molecule has 0 unspecified atom stereocenters. The van der Waals surface area contributed by atoms with Crippen molar-refractivity contribution in [3.8, 4) is 5.75 Å². The van der Waals surface area contributed by atoms with Crippen molar-refractivity contribution >= 4 is 11.0 Å². The molecular weight excluding hydrogens is 357 g/mol. The van der Waals surface area contributed by atoms with Gasteiger partial charge in [-0.05, 0) is 43.2 Å². The number of hydrogen-bond donors (Lipinski definition) is 1. The van der Waals surface area contributed by atoms with Gasteiger partial charge in [0.05, 0.1) is 18.1 Å². The average molecular weight is 383 g/mol. The molecule has 3 aromatic rings. The molecule has 2 aromatic carbocycles. The third-order valence-corrected chi connectivity index (χ3v) is 5.44. The quantitative estimate of drug-likeness (QED) is 0.701. The number of aromatic amines is 1. The zero-order chi connectivity index (χ0) is 19.7. The Bertz CT molecular complexity index is 933. The Labute approximate surface area is 164 Å². The molecule has 0 bridgehead atoms. The summed E-state index contributed by atoms with van der Waals surface area (Å²) in [5.41, 5.74) is 5.39. The van der Waals surface area contributed by atoms with E-state index in [1.54, 1.807) is 7.11 Å². The molecule has 1 aromatic heterocycles. The molecular formula is C22H26FN3O2. The van der Waals surface area contributed by atoms with Crippen molar-refractivity contribution in [3.05, 3.63) is 58.9 Å². The number of benzene rings is 2. The molecule has 0 radical (unpaired) electrons. The van der Waals surface area contributed by atoms with E-state index in [1.807, 2.05) is 24.3 Å². The normalized spacial score (nSPS) is 20.1. The van der Waals surface area contributed by atoms with Gasteiger partial charge >= 0.3 is 0 Å². The monoisotopic (exact) mass is 383 g/mol. The molecule has 2 heterocycles. The van der Waals surface area contributed by atoms with Crippen LogP contribution in [-0.2, 0) is 17.9 Å². The smallest absolute Gasteiger partial charge is 0.140 e. The van der Waals surface area contributed by atoms with Gasteiger partial charge in [0.2, 0.25) is 0 Å². The number of aryl methyl sites for hydroxylation is 2. The minimum Gasteiger partial charge on any atom is -0.496 e. The topological polar surface area (TPSA) is 50.4 Å². The first-order valence-electron chi connectivity index (χ1n) is 9.59. The van der Waals surface area contributed by atoms with E-state index in [0.717, 1.165) is 28.2 Å². The maximum Gasteiger partial charge on any atom is 0.140 e. The Morgan fingerprint density at radius 3 is 2.79 bits per heavy atom. The van der Waals surface area contributed by atoms with Crippen molar-refractivity contribution < 1.29 is 13.9 Å². The number of ether oxygens (including phenoxy) is 2. The molecule has 1 N–H and O–H groups in total. The highest BCUT2D eigenvalue weighted by Crippen LogP contribution is 2.25. The number of nitrogens with zero attached hydrogens (tertiary/aromatic N) is 2. The van der Waals surface area contributed by atoms with Gasteiger partial charge in [0.15, 0.2) is 0 Å². The third kappa shape index (κ3) is 3.88. The summed E-state index contributed by atoms with van der Waals surface area (Å²) >= 11 is 0. The number of methoxy groups -OCH3 is 1. The van der Waals surface area contributed by atoms with Crippen LogP contribution in [0.15, 0.2) is 36.4 Å². The fourth-order valence-electron chi connectivity index (χ4n) is 3.75. The standard InChI is InChI=1S/C22H26FN3O2/c1-14-8-18-19(9-15(14)2)25-22(24-18)13-28-21-12-26(11-17(21)23)10-16-6-4-5-7-20(16)27-3/h4-9,17,21H,10-13H2,1-3H3,(H,24,25)/t17-,21+/m1/s1. The summed E-state index contributed by atoms with van der Waals surface area (Å²) in [5.74, 6) is 1.56. The number of likely N-dealkylation sites (tertiary alicyclic amines) is 1. The predicted molar refractivity (Wildman–Crippen MR) is 107 cm³/mol. The van der Waals surface area contributed by atoms with Crippen molar-refractivity contribution in [2.75, 3.05) is 20.2 Å². The van der Waals surface area contributed by atoms with E-state index in [-0.39, 0.29) is 6.61 Å². The third-order valence-electron chi connectivity index (χ3n) is 5.44. The molecule has 148 valence electrons. The molecule has 6 heteroatoms. The van der Waals surface area contributed by atoms with Gasteiger partial charge in [-0.25, -0.2) is 9.37 Å². The summed E-state index contributed by atoms with van der Waals surface area (Å²) in [4.78, 5) is 9.92. The number of aromatic nitrogens is 2. The number of rotatable bonds is 6. The number of nitrogens with one attached hydrogen (secondary N) is 1. The summed E-state index contributed by atoms with van der Waals surface area (Å²) in [6.45, 7) is 5.99. The van der Waals surface area contributed by atoms with Crippen molar-refractivity contribution in [2.45, 2.75) is 39.3 Å². The maximum atomic E-state index is 14.5. The van der Waals surface area contributed by atoms with Gasteiger partial charge in [-0.3, -0.25) is 4.90 Å². The van der Waals surface area contributed by atoms with Crippen molar-refractivity contribution in [1.29, 1.82) is 0 Å². The van der Waals surface area contributed by atoms with Gasteiger partial charge in [0.25, 0.3) is 0 Å². The second-order valence-corrected chi connectivity index (χ2v) is 7.51. The van der Waals surface area contributed by atoms with Crippen LogP contribution in [0.5, 0.6) is 5.75 Å². The fourth-order valence-corrected chi connectivity index (χ4v) is 3.75. The molecule has 0 amide bonds. The predicted octanol–water partition coefficient (Wildman–Crippen LogP) is 3.93. The second kappa shape index (κ2) is 7.89. The number of fused-ring (bicyclic) bond motifs is 1. The van der Waals surface area contributed by atoms with Gasteiger partial charge in [0.1, 0.15) is 30.5 Å². The summed E-state index contributed by atoms with van der Waals surface area (Å²) in [7, 11) is 1.66. The van der Waals surface area contributed by atoms with E-state index < -0.39 is 12.3 Å². The number of imidazole rings is 1. The van der Waals surface area contributed by atoms with Crippen LogP contribution in [0.25, 0.3) is 11.0 Å². The van der Waals surface area contributed by atoms with Crippen LogP contribution in [-0.4, -0.2) is 47.3 Å². The Morgan fingerprint density at radius 1 is 1.18 bits per heavy atom. The zero-order valence-corrected chi connectivity index (χ0v) is 16.5. The van der Waals surface area contributed by atoms with E-state index in [9.17, 15) is 4.39 Å². The Kier molecular flexibility index (Phi) is 5.33. The zero-order valence-electron chi connectivity index (χ0n) is 16.5. The van der Waals surface area contributed by atoms with Crippen LogP contribution in [0, 0.1) is 13.8 Å². The number of hydrogen-bond acceptors (Lipinski definition) is 4. The maximum absolute atomic E-state index is 14.5. The summed E-state index contributed by atoms with van der Waals surface area (Å²) in [5, 5.41) is 0. The first-order valence-corrected chi connectivity index (χ1v) is 9.59. The lowest BCUT2D eigenvalue weighted by atomic mass is 10.1. The molecule has 0 spiro atoms. The van der Waals surface area contributed by atoms with Gasteiger partial charge in [0, 0.05) is 25.2 Å². The molecule has 2 atom stereocenters. The van der Waals surface area contributed by atoms with E-state index in [0.29, 0.717) is 19.6 Å². The first kappa shape index (κ1) is 18.9.